The molecule has 0 aliphatic heterocycles. The Bertz CT molecular complexity index is 575. The van der Waals surface area contributed by atoms with Crippen molar-refractivity contribution in [1.29, 1.82) is 0 Å². The van der Waals surface area contributed by atoms with E-state index in [2.05, 4.69) is 49.5 Å². The van der Waals surface area contributed by atoms with Crippen molar-refractivity contribution in [2.75, 3.05) is 14.2 Å². The molecule has 21 heavy (non-hydrogen) atoms. The van der Waals surface area contributed by atoms with E-state index in [9.17, 15) is 0 Å². The highest BCUT2D eigenvalue weighted by Gasteiger charge is 2.13. The lowest BCUT2D eigenvalue weighted by molar-refractivity contribution is 0.414. The van der Waals surface area contributed by atoms with E-state index in [0.717, 1.165) is 18.6 Å². The molecule has 2 aromatic rings. The van der Waals surface area contributed by atoms with Crippen LogP contribution in [0.3, 0.4) is 0 Å². The topological polar surface area (TPSA) is 21.3 Å². The number of hydrogen-bond donors (Lipinski definition) is 1. The van der Waals surface area contributed by atoms with Crippen molar-refractivity contribution in [3.8, 4) is 5.75 Å². The summed E-state index contributed by atoms with van der Waals surface area (Å²) < 4.78 is 5.23. The van der Waals surface area contributed by atoms with E-state index in [-0.39, 0.29) is 6.04 Å². The summed E-state index contributed by atoms with van der Waals surface area (Å²) in [5.74, 6) is 0.893. The summed E-state index contributed by atoms with van der Waals surface area (Å²) in [6.45, 7) is 4.44. The minimum absolute atomic E-state index is 0.215. The van der Waals surface area contributed by atoms with E-state index in [0.29, 0.717) is 0 Å². The van der Waals surface area contributed by atoms with E-state index in [1.165, 1.54) is 22.3 Å². The quantitative estimate of drug-likeness (QED) is 0.860. The first-order chi connectivity index (χ1) is 10.2. The zero-order valence-corrected chi connectivity index (χ0v) is 13.4. The first-order valence-corrected chi connectivity index (χ1v) is 7.66. The predicted octanol–water partition coefficient (Wildman–Crippen LogP) is 4.13. The molecule has 0 spiro atoms. The van der Waals surface area contributed by atoms with Crippen LogP contribution < -0.4 is 10.1 Å². The number of aryl methyl sites for hydroxylation is 2. The van der Waals surface area contributed by atoms with Crippen LogP contribution in [0.25, 0.3) is 0 Å². The summed E-state index contributed by atoms with van der Waals surface area (Å²) >= 11 is 0. The Labute approximate surface area is 128 Å². The fourth-order valence-corrected chi connectivity index (χ4v) is 2.82. The lowest BCUT2D eigenvalue weighted by Crippen LogP contribution is -2.18. The number of ether oxygens (including phenoxy) is 1. The summed E-state index contributed by atoms with van der Waals surface area (Å²) in [4.78, 5) is 0. The van der Waals surface area contributed by atoms with Crippen molar-refractivity contribution in [2.45, 2.75) is 32.7 Å². The lowest BCUT2D eigenvalue weighted by atomic mass is 9.93. The number of nitrogens with one attached hydrogen (secondary N) is 1. The van der Waals surface area contributed by atoms with Crippen LogP contribution in [-0.2, 0) is 12.8 Å². The van der Waals surface area contributed by atoms with Crippen LogP contribution in [0.5, 0.6) is 5.75 Å². The molecule has 0 aliphatic rings. The molecular formula is C19H25NO. The molecule has 2 nitrogen and oxygen atoms in total. The molecular weight excluding hydrogens is 258 g/mol. The van der Waals surface area contributed by atoms with Gasteiger partial charge in [-0.2, -0.15) is 0 Å². The first kappa shape index (κ1) is 15.6. The monoisotopic (exact) mass is 283 g/mol. The molecule has 1 atom stereocenters. The largest absolute Gasteiger partial charge is 0.497 e. The molecule has 0 aromatic heterocycles. The third-order valence-corrected chi connectivity index (χ3v) is 4.06. The van der Waals surface area contributed by atoms with Gasteiger partial charge < -0.3 is 10.1 Å². The van der Waals surface area contributed by atoms with Gasteiger partial charge in [0.15, 0.2) is 0 Å². The minimum atomic E-state index is 0.215. The zero-order chi connectivity index (χ0) is 15.2. The van der Waals surface area contributed by atoms with Crippen LogP contribution in [0, 0.1) is 0 Å². The fraction of sp³-hybridized carbons (Fsp3) is 0.368. The Hall–Kier alpha value is -1.80. The Morgan fingerprint density at radius 2 is 1.52 bits per heavy atom. The van der Waals surface area contributed by atoms with Gasteiger partial charge >= 0.3 is 0 Å². The van der Waals surface area contributed by atoms with Crippen LogP contribution in [0.15, 0.2) is 42.5 Å². The van der Waals surface area contributed by atoms with Crippen molar-refractivity contribution in [3.05, 3.63) is 64.7 Å². The molecule has 0 heterocycles. The van der Waals surface area contributed by atoms with Crippen molar-refractivity contribution in [2.24, 2.45) is 0 Å². The van der Waals surface area contributed by atoms with E-state index in [4.69, 9.17) is 4.74 Å². The summed E-state index contributed by atoms with van der Waals surface area (Å²) in [7, 11) is 3.70. The molecule has 2 heteroatoms. The van der Waals surface area contributed by atoms with Gasteiger partial charge in [0.25, 0.3) is 0 Å². The van der Waals surface area contributed by atoms with Gasteiger partial charge in [-0.1, -0.05) is 44.2 Å². The van der Waals surface area contributed by atoms with E-state index in [1.807, 2.05) is 19.2 Å². The molecule has 0 saturated carbocycles. The van der Waals surface area contributed by atoms with Crippen LogP contribution in [0.1, 0.15) is 42.1 Å². The van der Waals surface area contributed by atoms with Crippen molar-refractivity contribution < 1.29 is 4.74 Å². The highest BCUT2D eigenvalue weighted by Crippen LogP contribution is 2.26. The van der Waals surface area contributed by atoms with Gasteiger partial charge in [-0.3, -0.25) is 0 Å². The van der Waals surface area contributed by atoms with Gasteiger partial charge in [-0.05, 0) is 54.3 Å². The highest BCUT2D eigenvalue weighted by molar-refractivity contribution is 5.39. The number of rotatable bonds is 6. The maximum atomic E-state index is 5.23. The third kappa shape index (κ3) is 3.45. The average molecular weight is 283 g/mol. The third-order valence-electron chi connectivity index (χ3n) is 4.06. The van der Waals surface area contributed by atoms with Crippen LogP contribution >= 0.6 is 0 Å². The number of methoxy groups -OCH3 is 1. The zero-order valence-electron chi connectivity index (χ0n) is 13.4. The molecule has 112 valence electrons. The second kappa shape index (κ2) is 7.28. The predicted molar refractivity (Wildman–Crippen MR) is 89.1 cm³/mol. The molecule has 0 fully saturated rings. The van der Waals surface area contributed by atoms with Gasteiger partial charge in [-0.25, -0.2) is 0 Å². The molecule has 0 radical (unpaired) electrons. The SMILES string of the molecule is CCc1ccc(C(NC)c2ccc(OC)cc2)cc1CC. The summed E-state index contributed by atoms with van der Waals surface area (Å²) in [5.41, 5.74) is 5.47. The molecule has 0 aliphatic carbocycles. The highest BCUT2D eigenvalue weighted by atomic mass is 16.5. The van der Waals surface area contributed by atoms with Gasteiger partial charge in [0, 0.05) is 0 Å². The smallest absolute Gasteiger partial charge is 0.118 e. The van der Waals surface area contributed by atoms with E-state index >= 15 is 0 Å². The van der Waals surface area contributed by atoms with Crippen molar-refractivity contribution in [3.63, 3.8) is 0 Å². The maximum absolute atomic E-state index is 5.23. The number of hydrogen-bond acceptors (Lipinski definition) is 2. The second-order valence-corrected chi connectivity index (χ2v) is 5.23. The fourth-order valence-electron chi connectivity index (χ4n) is 2.82. The maximum Gasteiger partial charge on any atom is 0.118 e. The number of benzene rings is 2. The van der Waals surface area contributed by atoms with Crippen LogP contribution in [0.4, 0.5) is 0 Å². The molecule has 0 amide bonds. The van der Waals surface area contributed by atoms with Gasteiger partial charge in [-0.15, -0.1) is 0 Å². The Morgan fingerprint density at radius 1 is 0.905 bits per heavy atom. The minimum Gasteiger partial charge on any atom is -0.497 e. The van der Waals surface area contributed by atoms with Crippen molar-refractivity contribution >= 4 is 0 Å². The molecule has 1 unspecified atom stereocenters. The Balaban J connectivity index is 2.35. The van der Waals surface area contributed by atoms with E-state index < -0.39 is 0 Å². The standard InChI is InChI=1S/C19H25NO/c1-5-14-7-8-17(13-15(14)6-2)19(20-3)16-9-11-18(21-4)12-10-16/h7-13,19-20H,5-6H2,1-4H3. The normalized spacial score (nSPS) is 12.2. The summed E-state index contributed by atoms with van der Waals surface area (Å²) in [5, 5.41) is 3.42. The molecule has 0 bridgehead atoms. The lowest BCUT2D eigenvalue weighted by Gasteiger charge is -2.19. The average Bonchev–Trinajstić information content (AvgIpc) is 2.56. The van der Waals surface area contributed by atoms with Gasteiger partial charge in [0.2, 0.25) is 0 Å². The summed E-state index contributed by atoms with van der Waals surface area (Å²) in [6.07, 6.45) is 2.17. The Morgan fingerprint density at radius 3 is 2.05 bits per heavy atom. The Kier molecular flexibility index (Phi) is 5.40. The van der Waals surface area contributed by atoms with Gasteiger partial charge in [0.05, 0.1) is 13.2 Å². The van der Waals surface area contributed by atoms with Gasteiger partial charge in [0.1, 0.15) is 5.75 Å². The summed E-state index contributed by atoms with van der Waals surface area (Å²) in [6, 6.07) is 15.3. The second-order valence-electron chi connectivity index (χ2n) is 5.23. The molecule has 0 saturated heterocycles. The van der Waals surface area contributed by atoms with Crippen LogP contribution in [0.2, 0.25) is 0 Å². The molecule has 1 N–H and O–H groups in total. The first-order valence-electron chi connectivity index (χ1n) is 7.66. The molecule has 2 aromatic carbocycles. The molecule has 2 rings (SSSR count). The van der Waals surface area contributed by atoms with Crippen molar-refractivity contribution in [1.82, 2.24) is 5.32 Å². The van der Waals surface area contributed by atoms with E-state index in [1.54, 1.807) is 7.11 Å². The van der Waals surface area contributed by atoms with Crippen LogP contribution in [-0.4, -0.2) is 14.2 Å².